The molecule has 0 fully saturated rings. The molecule has 0 bridgehead atoms. The van der Waals surface area contributed by atoms with Gasteiger partial charge in [-0.1, -0.05) is 54.6 Å². The van der Waals surface area contributed by atoms with Crippen molar-refractivity contribution >= 4 is 17.0 Å². The van der Waals surface area contributed by atoms with Crippen LogP contribution in [0.3, 0.4) is 0 Å². The fourth-order valence-corrected chi connectivity index (χ4v) is 2.43. The maximum absolute atomic E-state index is 5.65. The first-order valence-electron chi connectivity index (χ1n) is 8.32. The van der Waals surface area contributed by atoms with E-state index in [-0.39, 0.29) is 0 Å². The zero-order valence-electron chi connectivity index (χ0n) is 15.2. The lowest BCUT2D eigenvalue weighted by Crippen LogP contribution is -2.01. The van der Waals surface area contributed by atoms with Crippen LogP contribution < -0.4 is 5.73 Å². The maximum atomic E-state index is 5.65. The Morgan fingerprint density at radius 2 is 1.76 bits per heavy atom. The molecule has 2 rings (SSSR count). The quantitative estimate of drug-likeness (QED) is 0.597. The van der Waals surface area contributed by atoms with Crippen molar-refractivity contribution in [3.8, 4) is 0 Å². The van der Waals surface area contributed by atoms with Crippen LogP contribution in [0.5, 0.6) is 0 Å². The highest BCUT2D eigenvalue weighted by Crippen LogP contribution is 2.19. The van der Waals surface area contributed by atoms with Gasteiger partial charge in [-0.2, -0.15) is 0 Å². The van der Waals surface area contributed by atoms with Crippen molar-refractivity contribution in [3.05, 3.63) is 89.8 Å². The molecule has 0 saturated heterocycles. The molecule has 2 aromatic rings. The van der Waals surface area contributed by atoms with Gasteiger partial charge in [-0.05, 0) is 50.1 Å². The first-order valence-corrected chi connectivity index (χ1v) is 8.32. The number of aliphatic imine (C=N–C) groups is 1. The van der Waals surface area contributed by atoms with E-state index in [2.05, 4.69) is 54.7 Å². The molecule has 1 heterocycles. The van der Waals surface area contributed by atoms with Gasteiger partial charge in [-0.15, -0.1) is 0 Å². The van der Waals surface area contributed by atoms with Crippen LogP contribution >= 0.6 is 0 Å². The molecule has 0 aliphatic carbocycles. The minimum atomic E-state index is 0.405. The summed E-state index contributed by atoms with van der Waals surface area (Å²) in [5.41, 5.74) is 12.3. The molecule has 1 aromatic heterocycles. The molecule has 128 valence electrons. The predicted octanol–water partition coefficient (Wildman–Crippen LogP) is 5.02. The van der Waals surface area contributed by atoms with Crippen LogP contribution in [0, 0.1) is 0 Å². The smallest absolute Gasteiger partial charge is 0.0884 e. The van der Waals surface area contributed by atoms with E-state index in [1.807, 2.05) is 43.3 Å². The third-order valence-corrected chi connectivity index (χ3v) is 3.54. The zero-order chi connectivity index (χ0) is 18.2. The van der Waals surface area contributed by atoms with Crippen molar-refractivity contribution in [2.45, 2.75) is 27.3 Å². The van der Waals surface area contributed by atoms with Crippen molar-refractivity contribution in [1.82, 2.24) is 4.98 Å². The second kappa shape index (κ2) is 8.90. The van der Waals surface area contributed by atoms with Gasteiger partial charge in [0, 0.05) is 12.3 Å². The van der Waals surface area contributed by atoms with Crippen molar-refractivity contribution in [2.75, 3.05) is 0 Å². The molecule has 0 amide bonds. The molecule has 2 N–H and O–H groups in total. The molecule has 0 saturated carbocycles. The Hall–Kier alpha value is -2.78. The highest BCUT2D eigenvalue weighted by atomic mass is 14.8. The third kappa shape index (κ3) is 5.66. The van der Waals surface area contributed by atoms with Crippen molar-refractivity contribution in [1.29, 1.82) is 0 Å². The maximum Gasteiger partial charge on any atom is 0.0884 e. The SMILES string of the molecule is C=C(N=C(C)/C=C(\C=C(C)C)c1ccccc1)c1cccc(CN)n1. The number of allylic oxidation sites excluding steroid dienone is 4. The van der Waals surface area contributed by atoms with E-state index in [0.29, 0.717) is 12.2 Å². The Balaban J connectivity index is 2.33. The molecular weight excluding hydrogens is 306 g/mol. The summed E-state index contributed by atoms with van der Waals surface area (Å²) >= 11 is 0. The van der Waals surface area contributed by atoms with Gasteiger partial charge in [0.25, 0.3) is 0 Å². The van der Waals surface area contributed by atoms with E-state index < -0.39 is 0 Å². The van der Waals surface area contributed by atoms with Gasteiger partial charge < -0.3 is 5.73 Å². The van der Waals surface area contributed by atoms with Crippen molar-refractivity contribution < 1.29 is 0 Å². The molecule has 0 atom stereocenters. The van der Waals surface area contributed by atoms with Gasteiger partial charge in [-0.25, -0.2) is 4.98 Å². The molecule has 25 heavy (non-hydrogen) atoms. The van der Waals surface area contributed by atoms with Crippen LogP contribution in [0.2, 0.25) is 0 Å². The Labute approximate surface area is 150 Å². The van der Waals surface area contributed by atoms with E-state index in [0.717, 1.165) is 28.2 Å². The summed E-state index contributed by atoms with van der Waals surface area (Å²) in [5, 5.41) is 0. The number of pyridine rings is 1. The van der Waals surface area contributed by atoms with Crippen LogP contribution in [-0.4, -0.2) is 10.7 Å². The first kappa shape index (κ1) is 18.6. The van der Waals surface area contributed by atoms with Gasteiger partial charge >= 0.3 is 0 Å². The highest BCUT2D eigenvalue weighted by Gasteiger charge is 2.03. The first-order chi connectivity index (χ1) is 12.0. The van der Waals surface area contributed by atoms with E-state index >= 15 is 0 Å². The molecular formula is C22H25N3. The fraction of sp³-hybridized carbons (Fsp3) is 0.182. The second-order valence-electron chi connectivity index (χ2n) is 6.11. The minimum absolute atomic E-state index is 0.405. The molecule has 0 aliphatic rings. The summed E-state index contributed by atoms with van der Waals surface area (Å²) in [7, 11) is 0. The number of nitrogens with zero attached hydrogens (tertiary/aromatic N) is 2. The predicted molar refractivity (Wildman–Crippen MR) is 108 cm³/mol. The third-order valence-electron chi connectivity index (χ3n) is 3.54. The average molecular weight is 331 g/mol. The number of rotatable bonds is 6. The highest BCUT2D eigenvalue weighted by molar-refractivity contribution is 6.03. The summed E-state index contributed by atoms with van der Waals surface area (Å²) in [6.07, 6.45) is 4.23. The fourth-order valence-electron chi connectivity index (χ4n) is 2.43. The van der Waals surface area contributed by atoms with E-state index in [1.165, 1.54) is 5.57 Å². The van der Waals surface area contributed by atoms with E-state index in [1.54, 1.807) is 0 Å². The van der Waals surface area contributed by atoms with Gasteiger partial charge in [0.05, 0.1) is 17.1 Å². The number of hydrogen-bond donors (Lipinski definition) is 1. The Kier molecular flexibility index (Phi) is 6.61. The Bertz CT molecular complexity index is 823. The zero-order valence-corrected chi connectivity index (χ0v) is 15.2. The average Bonchev–Trinajstić information content (AvgIpc) is 2.61. The van der Waals surface area contributed by atoms with Crippen LogP contribution in [-0.2, 0) is 6.54 Å². The number of nitrogens with two attached hydrogens (primary N) is 1. The lowest BCUT2D eigenvalue weighted by molar-refractivity contribution is 0.981. The summed E-state index contributed by atoms with van der Waals surface area (Å²) in [6, 6.07) is 16.0. The second-order valence-corrected chi connectivity index (χ2v) is 6.11. The van der Waals surface area contributed by atoms with E-state index in [4.69, 9.17) is 5.73 Å². The largest absolute Gasteiger partial charge is 0.325 e. The number of hydrogen-bond acceptors (Lipinski definition) is 3. The molecule has 3 heteroatoms. The summed E-state index contributed by atoms with van der Waals surface area (Å²) < 4.78 is 0. The Morgan fingerprint density at radius 1 is 1.04 bits per heavy atom. The molecule has 0 unspecified atom stereocenters. The number of benzene rings is 1. The summed E-state index contributed by atoms with van der Waals surface area (Å²) in [5.74, 6) is 0. The van der Waals surface area contributed by atoms with Crippen molar-refractivity contribution in [2.24, 2.45) is 10.7 Å². The monoisotopic (exact) mass is 331 g/mol. The molecule has 1 aromatic carbocycles. The minimum Gasteiger partial charge on any atom is -0.325 e. The van der Waals surface area contributed by atoms with Crippen LogP contribution in [0.25, 0.3) is 11.3 Å². The molecule has 0 aliphatic heterocycles. The standard InChI is InChI=1S/C22H25N3/c1-16(2)13-20(19-9-6-5-7-10-19)14-17(3)24-18(4)22-12-8-11-21(15-23)25-22/h5-14H,4,15,23H2,1-3H3/b20-14+,24-17?. The van der Waals surface area contributed by atoms with Gasteiger partial charge in [0.15, 0.2) is 0 Å². The van der Waals surface area contributed by atoms with Crippen molar-refractivity contribution in [3.63, 3.8) is 0 Å². The summed E-state index contributed by atoms with van der Waals surface area (Å²) in [6.45, 7) is 10.6. The summed E-state index contributed by atoms with van der Waals surface area (Å²) in [4.78, 5) is 9.07. The molecule has 0 radical (unpaired) electrons. The lowest BCUT2D eigenvalue weighted by atomic mass is 10.0. The van der Waals surface area contributed by atoms with Crippen LogP contribution in [0.15, 0.2) is 77.8 Å². The van der Waals surface area contributed by atoms with Crippen LogP contribution in [0.4, 0.5) is 0 Å². The normalized spacial score (nSPS) is 12.0. The topological polar surface area (TPSA) is 51.3 Å². The van der Waals surface area contributed by atoms with Gasteiger partial charge in [-0.3, -0.25) is 4.99 Å². The van der Waals surface area contributed by atoms with Crippen LogP contribution in [0.1, 0.15) is 37.7 Å². The van der Waals surface area contributed by atoms with E-state index in [9.17, 15) is 0 Å². The lowest BCUT2D eigenvalue weighted by Gasteiger charge is -2.06. The molecule has 0 spiro atoms. The van der Waals surface area contributed by atoms with Gasteiger partial charge in [0.1, 0.15) is 0 Å². The molecule has 3 nitrogen and oxygen atoms in total. The van der Waals surface area contributed by atoms with Gasteiger partial charge in [0.2, 0.25) is 0 Å². The Morgan fingerprint density at radius 3 is 2.40 bits per heavy atom. The number of aromatic nitrogens is 1.